The van der Waals surface area contributed by atoms with Gasteiger partial charge in [0.1, 0.15) is 11.6 Å². The number of hydrogen-bond donors (Lipinski definition) is 1. The molecule has 1 heterocycles. The molecular formula is C10H9FO3. The Kier molecular flexibility index (Phi) is 2.11. The van der Waals surface area contributed by atoms with Crippen molar-refractivity contribution in [3.63, 3.8) is 0 Å². The summed E-state index contributed by atoms with van der Waals surface area (Å²) in [4.78, 5) is 10.4. The minimum absolute atomic E-state index is 0.224. The Morgan fingerprint density at radius 1 is 1.57 bits per heavy atom. The van der Waals surface area contributed by atoms with Crippen molar-refractivity contribution in [2.45, 2.75) is 12.8 Å². The SMILES string of the molecule is O=C(O)Cc1ccc2c(c1F)CCO2. The molecule has 0 saturated carbocycles. The maximum absolute atomic E-state index is 13.6. The average molecular weight is 196 g/mol. The molecule has 1 aromatic carbocycles. The van der Waals surface area contributed by atoms with Crippen LogP contribution in [0.2, 0.25) is 0 Å². The molecule has 0 radical (unpaired) electrons. The van der Waals surface area contributed by atoms with Crippen LogP contribution >= 0.6 is 0 Å². The quantitative estimate of drug-likeness (QED) is 0.777. The second kappa shape index (κ2) is 3.29. The van der Waals surface area contributed by atoms with Crippen LogP contribution < -0.4 is 4.74 Å². The molecule has 1 aliphatic heterocycles. The summed E-state index contributed by atoms with van der Waals surface area (Å²) in [6, 6.07) is 3.09. The van der Waals surface area contributed by atoms with Gasteiger partial charge in [-0.05, 0) is 11.6 Å². The van der Waals surface area contributed by atoms with E-state index in [0.717, 1.165) is 0 Å². The van der Waals surface area contributed by atoms with Crippen LogP contribution in [0.5, 0.6) is 5.75 Å². The maximum Gasteiger partial charge on any atom is 0.307 e. The number of aliphatic carboxylic acids is 1. The third-order valence-corrected chi connectivity index (χ3v) is 2.23. The van der Waals surface area contributed by atoms with Crippen molar-refractivity contribution >= 4 is 5.97 Å². The lowest BCUT2D eigenvalue weighted by Gasteiger charge is -2.04. The number of hydrogen-bond acceptors (Lipinski definition) is 2. The van der Waals surface area contributed by atoms with E-state index in [1.54, 1.807) is 6.07 Å². The predicted molar refractivity (Wildman–Crippen MR) is 46.9 cm³/mol. The second-order valence-electron chi connectivity index (χ2n) is 3.18. The van der Waals surface area contributed by atoms with Gasteiger partial charge in [-0.25, -0.2) is 4.39 Å². The zero-order valence-electron chi connectivity index (χ0n) is 7.42. The zero-order valence-corrected chi connectivity index (χ0v) is 7.42. The molecule has 2 rings (SSSR count). The van der Waals surface area contributed by atoms with E-state index in [0.29, 0.717) is 24.3 Å². The Morgan fingerprint density at radius 2 is 2.36 bits per heavy atom. The average Bonchev–Trinajstić information content (AvgIpc) is 2.57. The van der Waals surface area contributed by atoms with Gasteiger partial charge in [0.2, 0.25) is 0 Å². The summed E-state index contributed by atoms with van der Waals surface area (Å²) in [5, 5.41) is 8.54. The highest BCUT2D eigenvalue weighted by Gasteiger charge is 2.19. The third-order valence-electron chi connectivity index (χ3n) is 2.23. The minimum atomic E-state index is -1.03. The number of ether oxygens (including phenoxy) is 1. The van der Waals surface area contributed by atoms with Crippen molar-refractivity contribution in [2.24, 2.45) is 0 Å². The van der Waals surface area contributed by atoms with Crippen molar-refractivity contribution in [3.8, 4) is 5.75 Å². The molecule has 0 bridgehead atoms. The summed E-state index contributed by atoms with van der Waals surface area (Å²) in [5.74, 6) is -0.915. The van der Waals surface area contributed by atoms with E-state index >= 15 is 0 Å². The van der Waals surface area contributed by atoms with Gasteiger partial charge in [0, 0.05) is 12.0 Å². The number of carbonyl (C=O) groups is 1. The molecule has 1 aliphatic rings. The minimum Gasteiger partial charge on any atom is -0.493 e. The molecule has 0 amide bonds. The van der Waals surface area contributed by atoms with Crippen LogP contribution in [0, 0.1) is 5.82 Å². The summed E-state index contributed by atoms with van der Waals surface area (Å²) in [7, 11) is 0. The van der Waals surface area contributed by atoms with Gasteiger partial charge in [-0.15, -0.1) is 0 Å². The molecule has 1 aromatic rings. The molecule has 0 aliphatic carbocycles. The predicted octanol–water partition coefficient (Wildman–Crippen LogP) is 1.39. The highest BCUT2D eigenvalue weighted by Crippen LogP contribution is 2.29. The monoisotopic (exact) mass is 196 g/mol. The zero-order chi connectivity index (χ0) is 10.1. The van der Waals surface area contributed by atoms with Crippen LogP contribution in [-0.2, 0) is 17.6 Å². The first-order valence-electron chi connectivity index (χ1n) is 4.33. The molecule has 0 aromatic heterocycles. The van der Waals surface area contributed by atoms with Crippen LogP contribution in [0.25, 0.3) is 0 Å². The van der Waals surface area contributed by atoms with Crippen LogP contribution in [0.3, 0.4) is 0 Å². The van der Waals surface area contributed by atoms with Gasteiger partial charge >= 0.3 is 5.97 Å². The van der Waals surface area contributed by atoms with Crippen LogP contribution in [0.15, 0.2) is 12.1 Å². The van der Waals surface area contributed by atoms with E-state index in [4.69, 9.17) is 9.84 Å². The van der Waals surface area contributed by atoms with E-state index < -0.39 is 11.8 Å². The second-order valence-corrected chi connectivity index (χ2v) is 3.18. The van der Waals surface area contributed by atoms with E-state index in [2.05, 4.69) is 0 Å². The molecule has 0 saturated heterocycles. The van der Waals surface area contributed by atoms with Gasteiger partial charge in [0.25, 0.3) is 0 Å². The smallest absolute Gasteiger partial charge is 0.307 e. The molecule has 4 heteroatoms. The molecule has 1 N–H and O–H groups in total. The number of fused-ring (bicyclic) bond motifs is 1. The van der Waals surface area contributed by atoms with E-state index in [-0.39, 0.29) is 12.0 Å². The molecule has 74 valence electrons. The van der Waals surface area contributed by atoms with Crippen molar-refractivity contribution < 1.29 is 19.0 Å². The van der Waals surface area contributed by atoms with Gasteiger partial charge in [-0.3, -0.25) is 4.79 Å². The van der Waals surface area contributed by atoms with E-state index in [1.165, 1.54) is 6.07 Å². The van der Waals surface area contributed by atoms with Gasteiger partial charge in [0.15, 0.2) is 0 Å². The molecule has 3 nitrogen and oxygen atoms in total. The number of halogens is 1. The van der Waals surface area contributed by atoms with Gasteiger partial charge in [-0.1, -0.05) is 6.07 Å². The third kappa shape index (κ3) is 1.43. The van der Waals surface area contributed by atoms with E-state index in [1.807, 2.05) is 0 Å². The van der Waals surface area contributed by atoms with Gasteiger partial charge < -0.3 is 9.84 Å². The lowest BCUT2D eigenvalue weighted by Crippen LogP contribution is -2.03. The Bertz CT molecular complexity index is 387. The van der Waals surface area contributed by atoms with Gasteiger partial charge in [-0.2, -0.15) is 0 Å². The number of benzene rings is 1. The molecule has 14 heavy (non-hydrogen) atoms. The largest absolute Gasteiger partial charge is 0.493 e. The summed E-state index contributed by atoms with van der Waals surface area (Å²) >= 11 is 0. The van der Waals surface area contributed by atoms with Crippen LogP contribution in [0.4, 0.5) is 4.39 Å². The topological polar surface area (TPSA) is 46.5 Å². The summed E-state index contributed by atoms with van der Waals surface area (Å²) in [6.45, 7) is 0.475. The van der Waals surface area contributed by atoms with Crippen molar-refractivity contribution in [3.05, 3.63) is 29.1 Å². The highest BCUT2D eigenvalue weighted by molar-refractivity contribution is 5.70. The number of carboxylic acid groups (broad SMARTS) is 1. The van der Waals surface area contributed by atoms with Crippen LogP contribution in [-0.4, -0.2) is 17.7 Å². The van der Waals surface area contributed by atoms with Gasteiger partial charge in [0.05, 0.1) is 13.0 Å². The number of rotatable bonds is 2. The summed E-state index contributed by atoms with van der Waals surface area (Å²) in [5.41, 5.74) is 0.727. The summed E-state index contributed by atoms with van der Waals surface area (Å²) in [6.07, 6.45) is 0.244. The molecular weight excluding hydrogens is 187 g/mol. The lowest BCUT2D eigenvalue weighted by atomic mass is 10.1. The Balaban J connectivity index is 2.39. The first kappa shape index (κ1) is 8.99. The Morgan fingerprint density at radius 3 is 3.07 bits per heavy atom. The highest BCUT2D eigenvalue weighted by atomic mass is 19.1. The van der Waals surface area contributed by atoms with Crippen molar-refractivity contribution in [1.29, 1.82) is 0 Å². The fourth-order valence-electron chi connectivity index (χ4n) is 1.58. The fraction of sp³-hybridized carbons (Fsp3) is 0.300. The summed E-state index contributed by atoms with van der Waals surface area (Å²) < 4.78 is 18.7. The number of carboxylic acids is 1. The Hall–Kier alpha value is -1.58. The fourth-order valence-corrected chi connectivity index (χ4v) is 1.58. The Labute approximate surface area is 80.1 Å². The first-order valence-corrected chi connectivity index (χ1v) is 4.33. The molecule has 0 unspecified atom stereocenters. The standard InChI is InChI=1S/C10H9FO3/c11-10-6(5-9(12)13)1-2-8-7(10)3-4-14-8/h1-2H,3-5H2,(H,12,13). The molecule has 0 fully saturated rings. The maximum atomic E-state index is 13.6. The lowest BCUT2D eigenvalue weighted by molar-refractivity contribution is -0.136. The van der Waals surface area contributed by atoms with Crippen molar-refractivity contribution in [1.82, 2.24) is 0 Å². The first-order chi connectivity index (χ1) is 6.68. The van der Waals surface area contributed by atoms with Crippen molar-refractivity contribution in [2.75, 3.05) is 6.61 Å². The van der Waals surface area contributed by atoms with E-state index in [9.17, 15) is 9.18 Å². The van der Waals surface area contributed by atoms with Crippen LogP contribution in [0.1, 0.15) is 11.1 Å². The molecule has 0 spiro atoms. The normalized spacial score (nSPS) is 13.5. The molecule has 0 atom stereocenters.